The Kier molecular flexibility index (Phi) is 5.17. The highest BCUT2D eigenvalue weighted by atomic mass is 35.5. The maximum atomic E-state index is 13.3. The maximum absolute atomic E-state index is 13.3. The summed E-state index contributed by atoms with van der Waals surface area (Å²) >= 11 is 6.19. The van der Waals surface area contributed by atoms with E-state index in [0.29, 0.717) is 22.7 Å². The Labute approximate surface area is 186 Å². The number of alkyl halides is 3. The third-order valence-corrected chi connectivity index (χ3v) is 6.23. The molecular weight excluding hydrogens is 445 g/mol. The molecule has 1 N–H and O–H groups in total. The lowest BCUT2D eigenvalue weighted by molar-refractivity contribution is -0.159. The predicted octanol–water partition coefficient (Wildman–Crippen LogP) is 4.51. The standard InChI is InChI=1S/C22H18ClF3N4O2/c23-15-3-1-2-12(8-15)17-10-27-7-6-18(17)30-11-14-5-4-13(9-16(14)20(30)31)19-28-21(32-29-19)22(24,25)26/h1-5,8-9,17-18,27H,6-7,10-11H2/t17-,18+/m0/s1. The third-order valence-electron chi connectivity index (χ3n) is 5.99. The van der Waals surface area contributed by atoms with E-state index in [1.54, 1.807) is 12.1 Å². The van der Waals surface area contributed by atoms with E-state index >= 15 is 0 Å². The van der Waals surface area contributed by atoms with Crippen molar-refractivity contribution in [2.75, 3.05) is 13.1 Å². The third kappa shape index (κ3) is 3.75. The molecule has 2 aliphatic heterocycles. The van der Waals surface area contributed by atoms with Crippen LogP contribution in [0.4, 0.5) is 13.2 Å². The van der Waals surface area contributed by atoms with Crippen LogP contribution < -0.4 is 5.32 Å². The maximum Gasteiger partial charge on any atom is 0.471 e. The highest BCUT2D eigenvalue weighted by molar-refractivity contribution is 6.30. The molecule has 2 atom stereocenters. The van der Waals surface area contributed by atoms with Crippen LogP contribution in [-0.4, -0.2) is 40.1 Å². The number of halogens is 4. The fourth-order valence-electron chi connectivity index (χ4n) is 4.48. The number of rotatable bonds is 3. The van der Waals surface area contributed by atoms with Gasteiger partial charge >= 0.3 is 12.1 Å². The van der Waals surface area contributed by atoms with Crippen molar-refractivity contribution in [3.63, 3.8) is 0 Å². The minimum absolute atomic E-state index is 0.0277. The number of carbonyl (C=O) groups excluding carboxylic acids is 1. The summed E-state index contributed by atoms with van der Waals surface area (Å²) in [6, 6.07) is 12.5. The summed E-state index contributed by atoms with van der Waals surface area (Å²) in [4.78, 5) is 18.6. The molecule has 1 fully saturated rings. The zero-order valence-electron chi connectivity index (χ0n) is 16.7. The number of piperidine rings is 1. The van der Waals surface area contributed by atoms with E-state index < -0.39 is 12.1 Å². The van der Waals surface area contributed by atoms with E-state index in [9.17, 15) is 18.0 Å². The van der Waals surface area contributed by atoms with Crippen LogP contribution in [0.5, 0.6) is 0 Å². The molecule has 0 aliphatic carbocycles. The molecule has 3 heterocycles. The van der Waals surface area contributed by atoms with E-state index in [4.69, 9.17) is 11.6 Å². The number of hydrogen-bond acceptors (Lipinski definition) is 5. The summed E-state index contributed by atoms with van der Waals surface area (Å²) in [5, 5.41) is 7.45. The molecule has 32 heavy (non-hydrogen) atoms. The first-order valence-electron chi connectivity index (χ1n) is 10.1. The number of fused-ring (bicyclic) bond motifs is 1. The fourth-order valence-corrected chi connectivity index (χ4v) is 4.68. The molecule has 0 spiro atoms. The molecule has 5 rings (SSSR count). The molecule has 10 heteroatoms. The van der Waals surface area contributed by atoms with Gasteiger partial charge in [0.25, 0.3) is 5.91 Å². The van der Waals surface area contributed by atoms with Gasteiger partial charge in [0.1, 0.15) is 0 Å². The molecule has 0 saturated carbocycles. The molecule has 2 aliphatic rings. The number of amides is 1. The van der Waals surface area contributed by atoms with Gasteiger partial charge in [0.2, 0.25) is 5.82 Å². The monoisotopic (exact) mass is 462 g/mol. The highest BCUT2D eigenvalue weighted by Gasteiger charge is 2.40. The normalized spacial score (nSPS) is 21.1. The fraction of sp³-hybridized carbons (Fsp3) is 0.318. The van der Waals surface area contributed by atoms with Crippen LogP contribution in [0, 0.1) is 0 Å². The van der Waals surface area contributed by atoms with Crippen LogP contribution in [-0.2, 0) is 12.7 Å². The molecule has 166 valence electrons. The van der Waals surface area contributed by atoms with Crippen molar-refractivity contribution in [1.29, 1.82) is 0 Å². The van der Waals surface area contributed by atoms with Gasteiger partial charge in [-0.15, -0.1) is 0 Å². The lowest BCUT2D eigenvalue weighted by Gasteiger charge is -2.38. The van der Waals surface area contributed by atoms with Crippen molar-refractivity contribution >= 4 is 17.5 Å². The van der Waals surface area contributed by atoms with Crippen LogP contribution >= 0.6 is 11.6 Å². The SMILES string of the molecule is O=C1c2cc(-c3noc(C(F)(F)F)n3)ccc2CN1[C@@H]1CCNC[C@H]1c1cccc(Cl)c1. The average molecular weight is 463 g/mol. The summed E-state index contributed by atoms with van der Waals surface area (Å²) < 4.78 is 42.7. The number of nitrogens with zero attached hydrogens (tertiary/aromatic N) is 3. The lowest BCUT2D eigenvalue weighted by atomic mass is 9.86. The second-order valence-corrected chi connectivity index (χ2v) is 8.38. The van der Waals surface area contributed by atoms with Crippen LogP contribution in [0.3, 0.4) is 0 Å². The van der Waals surface area contributed by atoms with Crippen LogP contribution in [0.2, 0.25) is 5.02 Å². The van der Waals surface area contributed by atoms with Gasteiger partial charge in [0.15, 0.2) is 0 Å². The molecule has 0 unspecified atom stereocenters. The minimum atomic E-state index is -4.72. The van der Waals surface area contributed by atoms with E-state index in [0.717, 1.165) is 30.6 Å². The van der Waals surface area contributed by atoms with Crippen LogP contribution in [0.15, 0.2) is 47.0 Å². The van der Waals surface area contributed by atoms with Crippen LogP contribution in [0.25, 0.3) is 11.4 Å². The molecular formula is C22H18ClF3N4O2. The molecule has 6 nitrogen and oxygen atoms in total. The second-order valence-electron chi connectivity index (χ2n) is 7.95. The van der Waals surface area contributed by atoms with Gasteiger partial charge in [0, 0.05) is 41.2 Å². The number of hydrogen-bond donors (Lipinski definition) is 1. The Morgan fingerprint density at radius 3 is 2.78 bits per heavy atom. The van der Waals surface area contributed by atoms with Crippen molar-refractivity contribution in [2.24, 2.45) is 0 Å². The number of nitrogens with one attached hydrogen (secondary N) is 1. The first-order chi connectivity index (χ1) is 15.3. The summed E-state index contributed by atoms with van der Waals surface area (Å²) in [7, 11) is 0. The first-order valence-corrected chi connectivity index (χ1v) is 10.5. The van der Waals surface area contributed by atoms with Crippen molar-refractivity contribution in [3.8, 4) is 11.4 Å². The zero-order chi connectivity index (χ0) is 22.5. The van der Waals surface area contributed by atoms with Crippen molar-refractivity contribution < 1.29 is 22.5 Å². The van der Waals surface area contributed by atoms with Crippen molar-refractivity contribution in [1.82, 2.24) is 20.4 Å². The Bertz CT molecular complexity index is 1180. The van der Waals surface area contributed by atoms with E-state index in [-0.39, 0.29) is 23.7 Å². The van der Waals surface area contributed by atoms with Gasteiger partial charge in [-0.05, 0) is 42.3 Å². The van der Waals surface area contributed by atoms with E-state index in [1.807, 2.05) is 29.2 Å². The molecule has 0 bridgehead atoms. The van der Waals surface area contributed by atoms with Gasteiger partial charge in [-0.1, -0.05) is 41.0 Å². The summed E-state index contributed by atoms with van der Waals surface area (Å²) in [6.07, 6.45) is -3.94. The zero-order valence-corrected chi connectivity index (χ0v) is 17.5. The molecule has 1 amide bonds. The Morgan fingerprint density at radius 1 is 1.19 bits per heavy atom. The molecule has 1 aromatic heterocycles. The smallest absolute Gasteiger partial charge is 0.331 e. The molecule has 0 radical (unpaired) electrons. The second kappa shape index (κ2) is 7.90. The van der Waals surface area contributed by atoms with Gasteiger partial charge in [0.05, 0.1) is 0 Å². The van der Waals surface area contributed by atoms with Crippen LogP contribution in [0.1, 0.15) is 39.7 Å². The molecule has 3 aromatic rings. The minimum Gasteiger partial charge on any atom is -0.331 e. The van der Waals surface area contributed by atoms with E-state index in [1.165, 1.54) is 6.07 Å². The van der Waals surface area contributed by atoms with Gasteiger partial charge in [-0.3, -0.25) is 4.79 Å². The predicted molar refractivity (Wildman–Crippen MR) is 110 cm³/mol. The largest absolute Gasteiger partial charge is 0.471 e. The molecule has 1 saturated heterocycles. The topological polar surface area (TPSA) is 71.3 Å². The van der Waals surface area contributed by atoms with Crippen molar-refractivity contribution in [3.05, 3.63) is 70.1 Å². The average Bonchev–Trinajstić information content (AvgIpc) is 3.39. The Morgan fingerprint density at radius 2 is 2.03 bits per heavy atom. The first kappa shape index (κ1) is 21.0. The number of aromatic nitrogens is 2. The number of carbonyl (C=O) groups is 1. The number of benzene rings is 2. The van der Waals surface area contributed by atoms with Gasteiger partial charge < -0.3 is 14.7 Å². The lowest BCUT2D eigenvalue weighted by Crippen LogP contribution is -2.48. The summed E-state index contributed by atoms with van der Waals surface area (Å²) in [6.45, 7) is 1.95. The quantitative estimate of drug-likeness (QED) is 0.620. The molecule has 2 aromatic carbocycles. The highest BCUT2D eigenvalue weighted by Crippen LogP contribution is 2.36. The van der Waals surface area contributed by atoms with Crippen molar-refractivity contribution in [2.45, 2.75) is 31.1 Å². The summed E-state index contributed by atoms with van der Waals surface area (Å²) in [5.74, 6) is -1.70. The Hall–Kier alpha value is -2.91. The van der Waals surface area contributed by atoms with Gasteiger partial charge in [-0.2, -0.15) is 18.2 Å². The van der Waals surface area contributed by atoms with E-state index in [2.05, 4.69) is 20.0 Å². The van der Waals surface area contributed by atoms with Gasteiger partial charge in [-0.25, -0.2) is 0 Å². The summed E-state index contributed by atoms with van der Waals surface area (Å²) in [5.41, 5.74) is 2.63. The Balaban J connectivity index is 1.43.